The fraction of sp³-hybridized carbons (Fsp3) is 0.464. The Hall–Kier alpha value is -3.33. The van der Waals surface area contributed by atoms with Gasteiger partial charge < -0.3 is 14.5 Å². The van der Waals surface area contributed by atoms with Crippen molar-refractivity contribution < 1.29 is 18.3 Å². The molecule has 37 heavy (non-hydrogen) atoms. The van der Waals surface area contributed by atoms with Gasteiger partial charge in [-0.25, -0.2) is 18.6 Å². The van der Waals surface area contributed by atoms with E-state index in [2.05, 4.69) is 26.7 Å². The fourth-order valence-corrected chi connectivity index (χ4v) is 6.13. The van der Waals surface area contributed by atoms with E-state index >= 15 is 0 Å². The number of halogens is 2. The highest BCUT2D eigenvalue weighted by molar-refractivity contribution is 5.75. The predicted molar refractivity (Wildman–Crippen MR) is 136 cm³/mol. The lowest BCUT2D eigenvalue weighted by molar-refractivity contribution is -0.137. The number of hydrogen-bond acceptors (Lipinski definition) is 6. The molecule has 3 fully saturated rings. The van der Waals surface area contributed by atoms with Gasteiger partial charge in [0.15, 0.2) is 0 Å². The number of rotatable bonds is 4. The normalized spacial score (nSPS) is 23.7. The van der Waals surface area contributed by atoms with Gasteiger partial charge in [0.1, 0.15) is 23.6 Å². The van der Waals surface area contributed by atoms with E-state index < -0.39 is 0 Å². The number of hydrogen-bond donors (Lipinski definition) is 0. The van der Waals surface area contributed by atoms with Crippen molar-refractivity contribution in [3.05, 3.63) is 65.9 Å². The van der Waals surface area contributed by atoms with E-state index in [4.69, 9.17) is 4.74 Å². The van der Waals surface area contributed by atoms with E-state index in [0.29, 0.717) is 24.1 Å². The van der Waals surface area contributed by atoms with E-state index in [1.54, 1.807) is 12.3 Å². The van der Waals surface area contributed by atoms with Crippen molar-refractivity contribution in [1.29, 1.82) is 0 Å². The average Bonchev–Trinajstić information content (AvgIpc) is 2.83. The minimum atomic E-state index is -0.333. The van der Waals surface area contributed by atoms with Crippen LogP contribution in [0, 0.1) is 17.0 Å². The minimum absolute atomic E-state index is 0.0345. The highest BCUT2D eigenvalue weighted by Crippen LogP contribution is 2.50. The number of anilines is 1. The Morgan fingerprint density at radius 3 is 2.49 bits per heavy atom. The summed E-state index contributed by atoms with van der Waals surface area (Å²) in [7, 11) is 0. The van der Waals surface area contributed by atoms with Gasteiger partial charge in [-0.3, -0.25) is 9.88 Å². The molecule has 3 heterocycles. The summed E-state index contributed by atoms with van der Waals surface area (Å²) in [5.74, 6) is 0.182. The first-order valence-electron chi connectivity index (χ1n) is 12.9. The Morgan fingerprint density at radius 1 is 1.00 bits per heavy atom. The quantitative estimate of drug-likeness (QED) is 0.514. The zero-order chi connectivity index (χ0) is 25.7. The van der Waals surface area contributed by atoms with Gasteiger partial charge in [-0.15, -0.1) is 0 Å². The number of ether oxygens (including phenoxy) is 1. The van der Waals surface area contributed by atoms with Crippen LogP contribution in [0.15, 0.2) is 48.7 Å². The average molecular weight is 508 g/mol. The molecule has 3 aromatic rings. The highest BCUT2D eigenvalue weighted by Gasteiger charge is 2.54. The van der Waals surface area contributed by atoms with Crippen molar-refractivity contribution in [3.8, 4) is 0 Å². The van der Waals surface area contributed by atoms with Crippen LogP contribution in [0.25, 0.3) is 11.0 Å². The largest absolute Gasteiger partial charge is 0.446 e. The molecule has 1 aliphatic carbocycles. The molecule has 7 nitrogen and oxygen atoms in total. The SMILES string of the molecule is C[C@@H]1CN(c2cnc3cc(F)ccc3n2)[C@@H](C)CN1C(=O)OC1CC2(C1)CN(Cc1ccc(F)cc1)C2. The zero-order valence-electron chi connectivity index (χ0n) is 21.1. The van der Waals surface area contributed by atoms with Crippen LogP contribution >= 0.6 is 0 Å². The summed E-state index contributed by atoms with van der Waals surface area (Å²) in [6, 6.07) is 11.1. The molecule has 0 radical (unpaired) electrons. The van der Waals surface area contributed by atoms with E-state index in [1.165, 1.54) is 24.3 Å². The van der Waals surface area contributed by atoms with Gasteiger partial charge in [0, 0.05) is 56.3 Å². The number of aromatic nitrogens is 2. The lowest BCUT2D eigenvalue weighted by Gasteiger charge is -2.58. The lowest BCUT2D eigenvalue weighted by atomic mass is 9.61. The molecule has 2 aromatic carbocycles. The number of carbonyl (C=O) groups is 1. The summed E-state index contributed by atoms with van der Waals surface area (Å²) in [4.78, 5) is 28.4. The third kappa shape index (κ3) is 4.72. The van der Waals surface area contributed by atoms with Crippen molar-refractivity contribution in [2.75, 3.05) is 31.1 Å². The molecule has 3 aliphatic rings. The summed E-state index contributed by atoms with van der Waals surface area (Å²) >= 11 is 0. The first kappa shape index (κ1) is 24.0. The zero-order valence-corrected chi connectivity index (χ0v) is 21.1. The maximum absolute atomic E-state index is 13.5. The Bertz CT molecular complexity index is 1310. The topological polar surface area (TPSA) is 61.8 Å². The molecule has 6 rings (SSSR count). The summed E-state index contributed by atoms with van der Waals surface area (Å²) in [6.45, 7) is 8.03. The summed E-state index contributed by atoms with van der Waals surface area (Å²) in [5.41, 5.74) is 2.53. The number of likely N-dealkylation sites (tertiary alicyclic amines) is 1. The number of carbonyl (C=O) groups excluding carboxylic acids is 1. The number of benzene rings is 2. The fourth-order valence-electron chi connectivity index (χ4n) is 6.13. The van der Waals surface area contributed by atoms with Crippen LogP contribution in [0.5, 0.6) is 0 Å². The maximum Gasteiger partial charge on any atom is 0.410 e. The van der Waals surface area contributed by atoms with Crippen molar-refractivity contribution >= 4 is 22.9 Å². The van der Waals surface area contributed by atoms with Crippen molar-refractivity contribution in [2.24, 2.45) is 5.41 Å². The van der Waals surface area contributed by atoms with Gasteiger partial charge in [0.2, 0.25) is 0 Å². The van der Waals surface area contributed by atoms with E-state index in [-0.39, 0.29) is 41.3 Å². The van der Waals surface area contributed by atoms with Crippen LogP contribution in [0.2, 0.25) is 0 Å². The Morgan fingerprint density at radius 2 is 1.73 bits per heavy atom. The highest BCUT2D eigenvalue weighted by atomic mass is 19.1. The van der Waals surface area contributed by atoms with Gasteiger partial charge in [-0.1, -0.05) is 12.1 Å². The second-order valence-electron chi connectivity index (χ2n) is 11.0. The van der Waals surface area contributed by atoms with Crippen molar-refractivity contribution in [2.45, 2.75) is 51.4 Å². The molecule has 0 unspecified atom stereocenters. The second-order valence-corrected chi connectivity index (χ2v) is 11.0. The molecule has 1 spiro atoms. The van der Waals surface area contributed by atoms with Gasteiger partial charge >= 0.3 is 6.09 Å². The second kappa shape index (κ2) is 9.20. The summed E-state index contributed by atoms with van der Waals surface area (Å²) < 4.78 is 32.5. The third-order valence-electron chi connectivity index (χ3n) is 8.03. The van der Waals surface area contributed by atoms with Gasteiger partial charge in [-0.05, 0) is 56.5 Å². The standard InChI is InChI=1S/C28H31F2N5O2/c1-18-14-35(19(2)13-34(18)26-12-31-25-9-22(30)7-8-24(25)32-26)27(36)37-23-10-28(11-23)16-33(17-28)15-20-3-5-21(29)6-4-20/h3-9,12,18-19,23H,10-11,13-17H2,1-2H3/t18-,19+/m0/s1. The molecule has 1 aromatic heterocycles. The van der Waals surface area contributed by atoms with Crippen molar-refractivity contribution in [1.82, 2.24) is 19.8 Å². The van der Waals surface area contributed by atoms with Crippen LogP contribution in [0.4, 0.5) is 19.4 Å². The Kier molecular flexibility index (Phi) is 5.98. The number of piperazine rings is 1. The van der Waals surface area contributed by atoms with Gasteiger partial charge in [0.25, 0.3) is 0 Å². The van der Waals surface area contributed by atoms with E-state index in [9.17, 15) is 13.6 Å². The monoisotopic (exact) mass is 507 g/mol. The first-order valence-corrected chi connectivity index (χ1v) is 12.9. The van der Waals surface area contributed by atoms with Crippen LogP contribution in [0.1, 0.15) is 32.3 Å². The summed E-state index contributed by atoms with van der Waals surface area (Å²) in [6.07, 6.45) is 3.19. The van der Waals surface area contributed by atoms with Crippen LogP contribution in [0.3, 0.4) is 0 Å². The molecule has 1 amide bonds. The van der Waals surface area contributed by atoms with E-state index in [1.807, 2.05) is 24.0 Å². The minimum Gasteiger partial charge on any atom is -0.446 e. The molecule has 2 aliphatic heterocycles. The Balaban J connectivity index is 0.997. The van der Waals surface area contributed by atoms with Crippen LogP contribution in [-0.4, -0.2) is 70.2 Å². The lowest BCUT2D eigenvalue weighted by Crippen LogP contribution is -2.64. The van der Waals surface area contributed by atoms with E-state index in [0.717, 1.165) is 43.9 Å². The first-order chi connectivity index (χ1) is 17.8. The molecule has 0 bridgehead atoms. The molecular formula is C28H31F2N5O2. The smallest absolute Gasteiger partial charge is 0.410 e. The van der Waals surface area contributed by atoms with Gasteiger partial charge in [-0.2, -0.15) is 0 Å². The molecular weight excluding hydrogens is 476 g/mol. The van der Waals surface area contributed by atoms with Gasteiger partial charge in [0.05, 0.1) is 17.2 Å². The number of fused-ring (bicyclic) bond motifs is 1. The van der Waals surface area contributed by atoms with Crippen LogP contribution in [-0.2, 0) is 11.3 Å². The van der Waals surface area contributed by atoms with Crippen molar-refractivity contribution in [3.63, 3.8) is 0 Å². The molecule has 9 heteroatoms. The molecule has 2 saturated heterocycles. The summed E-state index contributed by atoms with van der Waals surface area (Å²) in [5, 5.41) is 0. The predicted octanol–water partition coefficient (Wildman–Crippen LogP) is 4.61. The maximum atomic E-state index is 13.5. The molecule has 1 saturated carbocycles. The molecule has 194 valence electrons. The molecule has 0 N–H and O–H groups in total. The third-order valence-corrected chi connectivity index (χ3v) is 8.03. The Labute approximate surface area is 215 Å². The number of amides is 1. The number of nitrogens with zero attached hydrogens (tertiary/aromatic N) is 5. The molecule has 2 atom stereocenters. The van der Waals surface area contributed by atoms with Crippen LogP contribution < -0.4 is 4.90 Å².